The maximum Gasteiger partial charge on any atom is 0.343 e. The quantitative estimate of drug-likeness (QED) is 0.662. The van der Waals surface area contributed by atoms with E-state index in [9.17, 15) is 9.18 Å². The molecule has 0 radical (unpaired) electrons. The number of esters is 1. The molecule has 3 aromatic rings. The van der Waals surface area contributed by atoms with Crippen molar-refractivity contribution >= 4 is 16.9 Å². The third-order valence-corrected chi connectivity index (χ3v) is 3.47. The number of nitrogens with zero attached hydrogens (tertiary/aromatic N) is 1. The highest BCUT2D eigenvalue weighted by Crippen LogP contribution is 2.24. The van der Waals surface area contributed by atoms with Crippen LogP contribution in [0.25, 0.3) is 10.9 Å². The zero-order chi connectivity index (χ0) is 16.9. The second kappa shape index (κ2) is 7.08. The Morgan fingerprint density at radius 3 is 2.62 bits per heavy atom. The summed E-state index contributed by atoms with van der Waals surface area (Å²) in [5, 5.41) is 0.828. The van der Waals surface area contributed by atoms with E-state index in [1.165, 1.54) is 12.1 Å². The molecule has 4 nitrogen and oxygen atoms in total. The maximum absolute atomic E-state index is 13.0. The summed E-state index contributed by atoms with van der Waals surface area (Å²) in [5.41, 5.74) is 1.78. The number of ether oxygens (including phenoxy) is 2. The van der Waals surface area contributed by atoms with Crippen molar-refractivity contribution in [3.63, 3.8) is 0 Å². The van der Waals surface area contributed by atoms with Crippen molar-refractivity contribution in [3.05, 3.63) is 71.5 Å². The van der Waals surface area contributed by atoms with Gasteiger partial charge in [-0.25, -0.2) is 14.2 Å². The first-order valence-electron chi connectivity index (χ1n) is 7.61. The van der Waals surface area contributed by atoms with Crippen LogP contribution in [-0.4, -0.2) is 17.6 Å². The predicted octanol–water partition coefficient (Wildman–Crippen LogP) is 4.13. The summed E-state index contributed by atoms with van der Waals surface area (Å²) < 4.78 is 23.7. The molecule has 0 amide bonds. The standard InChI is InChI=1S/C19H16FNO3/c1-2-23-19(22)16-11-14-5-3-4-6-17(14)21-18(16)24-12-13-7-9-15(20)10-8-13/h3-11H,2,12H2,1H3. The number of hydrogen-bond acceptors (Lipinski definition) is 4. The molecule has 24 heavy (non-hydrogen) atoms. The lowest BCUT2D eigenvalue weighted by molar-refractivity contribution is 0.0520. The Hall–Kier alpha value is -2.95. The van der Waals surface area contributed by atoms with Gasteiger partial charge in [-0.1, -0.05) is 30.3 Å². The average molecular weight is 325 g/mol. The number of benzene rings is 2. The van der Waals surface area contributed by atoms with Gasteiger partial charge in [-0.3, -0.25) is 0 Å². The van der Waals surface area contributed by atoms with Crippen LogP contribution in [0, 0.1) is 5.82 Å². The molecule has 0 aliphatic heterocycles. The molecule has 1 heterocycles. The molecular weight excluding hydrogens is 309 g/mol. The minimum Gasteiger partial charge on any atom is -0.472 e. The third-order valence-electron chi connectivity index (χ3n) is 3.47. The molecule has 0 aliphatic rings. The first kappa shape index (κ1) is 15.9. The molecule has 0 fully saturated rings. The van der Waals surface area contributed by atoms with Gasteiger partial charge in [0, 0.05) is 5.39 Å². The SMILES string of the molecule is CCOC(=O)c1cc2ccccc2nc1OCc1ccc(F)cc1. The van der Waals surface area contributed by atoms with Gasteiger partial charge in [0.15, 0.2) is 0 Å². The van der Waals surface area contributed by atoms with Gasteiger partial charge in [-0.2, -0.15) is 0 Å². The van der Waals surface area contributed by atoms with E-state index in [1.54, 1.807) is 25.1 Å². The van der Waals surface area contributed by atoms with Gasteiger partial charge in [0.05, 0.1) is 12.1 Å². The Balaban J connectivity index is 1.92. The van der Waals surface area contributed by atoms with Gasteiger partial charge >= 0.3 is 5.97 Å². The molecule has 0 saturated carbocycles. The van der Waals surface area contributed by atoms with Gasteiger partial charge < -0.3 is 9.47 Å². The van der Waals surface area contributed by atoms with Gasteiger partial charge in [-0.05, 0) is 36.8 Å². The normalized spacial score (nSPS) is 10.6. The minimum atomic E-state index is -0.482. The van der Waals surface area contributed by atoms with E-state index in [-0.39, 0.29) is 30.5 Å². The number of carbonyl (C=O) groups excluding carboxylic acids is 1. The smallest absolute Gasteiger partial charge is 0.343 e. The molecule has 1 aromatic heterocycles. The minimum absolute atomic E-state index is 0.179. The molecule has 0 bridgehead atoms. The molecule has 122 valence electrons. The number of fused-ring (bicyclic) bond motifs is 1. The van der Waals surface area contributed by atoms with E-state index in [0.29, 0.717) is 0 Å². The van der Waals surface area contributed by atoms with Gasteiger partial charge in [-0.15, -0.1) is 0 Å². The lowest BCUT2D eigenvalue weighted by atomic mass is 10.1. The molecule has 0 aliphatic carbocycles. The first-order valence-corrected chi connectivity index (χ1v) is 7.61. The van der Waals surface area contributed by atoms with Gasteiger partial charge in [0.2, 0.25) is 5.88 Å². The van der Waals surface area contributed by atoms with Crippen LogP contribution >= 0.6 is 0 Å². The Labute approximate surface area is 138 Å². The van der Waals surface area contributed by atoms with Crippen LogP contribution in [0.1, 0.15) is 22.8 Å². The highest BCUT2D eigenvalue weighted by atomic mass is 19.1. The van der Waals surface area contributed by atoms with E-state index < -0.39 is 5.97 Å². The number of aromatic nitrogens is 1. The lowest BCUT2D eigenvalue weighted by Crippen LogP contribution is -2.09. The summed E-state index contributed by atoms with van der Waals surface area (Å²) >= 11 is 0. The van der Waals surface area contributed by atoms with Crippen LogP contribution in [0.3, 0.4) is 0 Å². The van der Waals surface area contributed by atoms with Crippen LogP contribution in [0.4, 0.5) is 4.39 Å². The van der Waals surface area contributed by atoms with Crippen molar-refractivity contribution in [2.75, 3.05) is 6.61 Å². The van der Waals surface area contributed by atoms with E-state index in [2.05, 4.69) is 4.98 Å². The number of carbonyl (C=O) groups is 1. The Morgan fingerprint density at radius 1 is 1.12 bits per heavy atom. The van der Waals surface area contributed by atoms with Crippen LogP contribution in [0.15, 0.2) is 54.6 Å². The fourth-order valence-electron chi connectivity index (χ4n) is 2.30. The Bertz CT molecular complexity index is 862. The summed E-state index contributed by atoms with van der Waals surface area (Å²) in [6, 6.07) is 15.1. The topological polar surface area (TPSA) is 48.4 Å². The molecule has 0 atom stereocenters. The average Bonchev–Trinajstić information content (AvgIpc) is 2.60. The molecule has 0 saturated heterocycles. The number of para-hydroxylation sites is 1. The van der Waals surface area contributed by atoms with Crippen LogP contribution in [0.2, 0.25) is 0 Å². The van der Waals surface area contributed by atoms with Crippen LogP contribution < -0.4 is 4.74 Å². The molecule has 0 spiro atoms. The third kappa shape index (κ3) is 3.51. The van der Waals surface area contributed by atoms with Crippen molar-refractivity contribution < 1.29 is 18.7 Å². The summed E-state index contributed by atoms with van der Waals surface area (Å²) in [6.07, 6.45) is 0. The van der Waals surface area contributed by atoms with Crippen molar-refractivity contribution in [1.29, 1.82) is 0 Å². The molecule has 5 heteroatoms. The molecular formula is C19H16FNO3. The van der Waals surface area contributed by atoms with Crippen molar-refractivity contribution in [1.82, 2.24) is 4.98 Å². The monoisotopic (exact) mass is 325 g/mol. The van der Waals surface area contributed by atoms with E-state index >= 15 is 0 Å². The van der Waals surface area contributed by atoms with E-state index in [0.717, 1.165) is 16.5 Å². The number of rotatable bonds is 5. The summed E-state index contributed by atoms with van der Waals surface area (Å²) in [6.45, 7) is 2.19. The first-order chi connectivity index (χ1) is 11.7. The number of pyridine rings is 1. The van der Waals surface area contributed by atoms with Gasteiger partial charge in [0.1, 0.15) is 18.0 Å². The van der Waals surface area contributed by atoms with Crippen LogP contribution in [0.5, 0.6) is 5.88 Å². The largest absolute Gasteiger partial charge is 0.472 e. The van der Waals surface area contributed by atoms with Crippen molar-refractivity contribution in [2.24, 2.45) is 0 Å². The summed E-state index contributed by atoms with van der Waals surface area (Å²) in [4.78, 5) is 16.6. The fourth-order valence-corrected chi connectivity index (χ4v) is 2.30. The number of hydrogen-bond donors (Lipinski definition) is 0. The molecule has 0 unspecified atom stereocenters. The molecule has 2 aromatic carbocycles. The zero-order valence-corrected chi connectivity index (χ0v) is 13.2. The second-order valence-electron chi connectivity index (χ2n) is 5.17. The van der Waals surface area contributed by atoms with Crippen molar-refractivity contribution in [2.45, 2.75) is 13.5 Å². The van der Waals surface area contributed by atoms with E-state index in [4.69, 9.17) is 9.47 Å². The Kier molecular flexibility index (Phi) is 4.70. The summed E-state index contributed by atoms with van der Waals surface area (Å²) in [7, 11) is 0. The molecule has 0 N–H and O–H groups in total. The van der Waals surface area contributed by atoms with Gasteiger partial charge in [0.25, 0.3) is 0 Å². The fraction of sp³-hybridized carbons (Fsp3) is 0.158. The van der Waals surface area contributed by atoms with E-state index in [1.807, 2.05) is 24.3 Å². The Morgan fingerprint density at radius 2 is 1.88 bits per heavy atom. The zero-order valence-electron chi connectivity index (χ0n) is 13.2. The summed E-state index contributed by atoms with van der Waals surface area (Å²) in [5.74, 6) is -0.587. The number of halogens is 1. The lowest BCUT2D eigenvalue weighted by Gasteiger charge is -2.11. The second-order valence-corrected chi connectivity index (χ2v) is 5.17. The highest BCUT2D eigenvalue weighted by molar-refractivity contribution is 5.96. The highest BCUT2D eigenvalue weighted by Gasteiger charge is 2.17. The van der Waals surface area contributed by atoms with Crippen LogP contribution in [-0.2, 0) is 11.3 Å². The van der Waals surface area contributed by atoms with Crippen molar-refractivity contribution in [3.8, 4) is 5.88 Å². The maximum atomic E-state index is 13.0. The molecule has 3 rings (SSSR count). The predicted molar refractivity (Wildman–Crippen MR) is 88.4 cm³/mol.